The SMILES string of the molecule is C=CCCOC(=O)N(Cc1ccc2c(c1)OCO2)C1CC(=NOCC)C2=CC(CCCCO)C(CCCCO)C3c4cc(Oc5ccc(C)c(C)c5)ccc4OC1(OCC=C)C23. The Morgan fingerprint density at radius 1 is 0.919 bits per heavy atom. The van der Waals surface area contributed by atoms with Crippen molar-refractivity contribution in [3.05, 3.63) is 114 Å². The molecule has 1 saturated carbocycles. The van der Waals surface area contributed by atoms with E-state index in [1.807, 2.05) is 49.4 Å². The van der Waals surface area contributed by atoms with E-state index in [1.54, 1.807) is 17.1 Å². The van der Waals surface area contributed by atoms with Crippen LogP contribution >= 0.6 is 0 Å². The van der Waals surface area contributed by atoms with Gasteiger partial charge in [-0.05, 0) is 129 Å². The average Bonchev–Trinajstić information content (AvgIpc) is 3.75. The number of hydrogen-bond donors (Lipinski definition) is 2. The van der Waals surface area contributed by atoms with Crippen molar-refractivity contribution in [2.24, 2.45) is 22.9 Å². The molecule has 12 heteroatoms. The molecular formula is C50H62N2O10. The number of hydrogen-bond acceptors (Lipinski definition) is 11. The van der Waals surface area contributed by atoms with Gasteiger partial charge in [0.15, 0.2) is 11.5 Å². The average molecular weight is 851 g/mol. The number of aryl methyl sites for hydroxylation is 2. The minimum Gasteiger partial charge on any atom is -0.459 e. The van der Waals surface area contributed by atoms with E-state index in [1.165, 1.54) is 5.56 Å². The summed E-state index contributed by atoms with van der Waals surface area (Å²) in [6, 6.07) is 16.9. The lowest BCUT2D eigenvalue weighted by Gasteiger charge is -2.59. The third-order valence-electron chi connectivity index (χ3n) is 12.6. The van der Waals surface area contributed by atoms with Gasteiger partial charge >= 0.3 is 6.09 Å². The first-order valence-corrected chi connectivity index (χ1v) is 22.1. The molecule has 0 aromatic heterocycles. The van der Waals surface area contributed by atoms with Crippen molar-refractivity contribution in [2.45, 2.75) is 96.4 Å². The zero-order chi connectivity index (χ0) is 43.6. The van der Waals surface area contributed by atoms with Gasteiger partial charge in [0, 0.05) is 37.7 Å². The fraction of sp³-hybridized carbons (Fsp3) is 0.480. The molecule has 0 spiro atoms. The largest absolute Gasteiger partial charge is 0.459 e. The lowest BCUT2D eigenvalue weighted by Crippen LogP contribution is -2.70. The molecule has 0 bridgehead atoms. The summed E-state index contributed by atoms with van der Waals surface area (Å²) in [7, 11) is 0. The minimum absolute atomic E-state index is 0.0502. The summed E-state index contributed by atoms with van der Waals surface area (Å²) >= 11 is 0. The second-order valence-corrected chi connectivity index (χ2v) is 16.5. The maximum absolute atomic E-state index is 14.7. The molecule has 332 valence electrons. The highest BCUT2D eigenvalue weighted by atomic mass is 16.7. The van der Waals surface area contributed by atoms with Crippen LogP contribution in [0.1, 0.15) is 86.5 Å². The van der Waals surface area contributed by atoms with Crippen LogP contribution in [0.25, 0.3) is 0 Å². The van der Waals surface area contributed by atoms with Gasteiger partial charge in [0.05, 0.1) is 24.8 Å². The summed E-state index contributed by atoms with van der Waals surface area (Å²) in [5, 5.41) is 24.7. The van der Waals surface area contributed by atoms with E-state index in [0.717, 1.165) is 53.7 Å². The molecular weight excluding hydrogens is 789 g/mol. The molecule has 2 N–H and O–H groups in total. The van der Waals surface area contributed by atoms with E-state index in [9.17, 15) is 15.0 Å². The Morgan fingerprint density at radius 2 is 1.68 bits per heavy atom. The number of benzene rings is 3. The van der Waals surface area contributed by atoms with E-state index < -0.39 is 23.8 Å². The van der Waals surface area contributed by atoms with Crippen LogP contribution in [0.3, 0.4) is 0 Å². The summed E-state index contributed by atoms with van der Waals surface area (Å²) in [6.07, 6.45) is 10.5. The summed E-state index contributed by atoms with van der Waals surface area (Å²) < 4.78 is 38.5. The number of fused-ring (bicyclic) bond motifs is 3. The number of unbranched alkanes of at least 4 members (excludes halogenated alkanes) is 2. The van der Waals surface area contributed by atoms with Gasteiger partial charge in [-0.1, -0.05) is 48.4 Å². The van der Waals surface area contributed by atoms with Crippen molar-refractivity contribution in [2.75, 3.05) is 39.8 Å². The number of rotatable bonds is 21. The van der Waals surface area contributed by atoms with Crippen LogP contribution in [-0.2, 0) is 20.9 Å². The van der Waals surface area contributed by atoms with Crippen LogP contribution in [0.2, 0.25) is 0 Å². The van der Waals surface area contributed by atoms with Gasteiger partial charge in [-0.15, -0.1) is 13.2 Å². The summed E-state index contributed by atoms with van der Waals surface area (Å²) in [4.78, 5) is 22.3. The van der Waals surface area contributed by atoms with Gasteiger partial charge < -0.3 is 43.5 Å². The molecule has 62 heavy (non-hydrogen) atoms. The van der Waals surface area contributed by atoms with Crippen LogP contribution in [0.4, 0.5) is 4.79 Å². The van der Waals surface area contributed by atoms with Crippen molar-refractivity contribution in [1.29, 1.82) is 0 Å². The normalized spacial score (nSPS) is 23.7. The maximum atomic E-state index is 14.7. The Kier molecular flexibility index (Phi) is 14.9. The van der Waals surface area contributed by atoms with Crippen molar-refractivity contribution < 1.29 is 48.3 Å². The topological polar surface area (TPSA) is 138 Å². The molecule has 3 aromatic rings. The second kappa shape index (κ2) is 20.7. The zero-order valence-electron chi connectivity index (χ0n) is 36.4. The quantitative estimate of drug-likeness (QED) is 0.0606. The highest BCUT2D eigenvalue weighted by Crippen LogP contribution is 2.62. The molecule has 2 aliphatic carbocycles. The van der Waals surface area contributed by atoms with Crippen LogP contribution in [-0.4, -0.2) is 78.6 Å². The van der Waals surface area contributed by atoms with Gasteiger partial charge in [0.2, 0.25) is 12.6 Å². The van der Waals surface area contributed by atoms with E-state index in [-0.39, 0.29) is 63.9 Å². The molecule has 3 aromatic carbocycles. The number of nitrogens with zero attached hydrogens (tertiary/aromatic N) is 2. The van der Waals surface area contributed by atoms with E-state index in [2.05, 4.69) is 45.2 Å². The van der Waals surface area contributed by atoms with Crippen LogP contribution in [0, 0.1) is 31.6 Å². The van der Waals surface area contributed by atoms with Gasteiger partial charge in [0.25, 0.3) is 0 Å². The van der Waals surface area contributed by atoms with E-state index >= 15 is 0 Å². The number of oxime groups is 1. The first-order chi connectivity index (χ1) is 30.2. The van der Waals surface area contributed by atoms with Crippen LogP contribution in [0.5, 0.6) is 28.7 Å². The number of allylic oxidation sites excluding steroid dienone is 1. The summed E-state index contributed by atoms with van der Waals surface area (Å²) in [6.45, 7) is 15.0. The van der Waals surface area contributed by atoms with Crippen LogP contribution in [0.15, 0.2) is 96.7 Å². The number of ether oxygens (including phenoxy) is 6. The number of carbonyl (C=O) groups excluding carboxylic acids is 1. The predicted octanol–water partition coefficient (Wildman–Crippen LogP) is 9.69. The summed E-state index contributed by atoms with van der Waals surface area (Å²) in [5.41, 5.74) is 5.73. The van der Waals surface area contributed by atoms with E-state index in [4.69, 9.17) is 38.4 Å². The number of aliphatic hydroxyl groups is 2. The van der Waals surface area contributed by atoms with Gasteiger partial charge in [-0.25, -0.2) is 4.79 Å². The Hall–Kier alpha value is -5.30. The van der Waals surface area contributed by atoms with Gasteiger partial charge in [-0.2, -0.15) is 0 Å². The molecule has 12 nitrogen and oxygen atoms in total. The van der Waals surface area contributed by atoms with Gasteiger partial charge in [-0.3, -0.25) is 4.90 Å². The molecule has 2 aliphatic heterocycles. The third-order valence-corrected chi connectivity index (χ3v) is 12.6. The molecule has 1 amide bonds. The summed E-state index contributed by atoms with van der Waals surface area (Å²) in [5.74, 6) is 1.23. The third kappa shape index (κ3) is 9.52. The molecule has 6 unspecified atom stereocenters. The highest BCUT2D eigenvalue weighted by molar-refractivity contribution is 6.03. The maximum Gasteiger partial charge on any atom is 0.410 e. The molecule has 7 rings (SSSR count). The molecule has 4 aliphatic rings. The minimum atomic E-state index is -1.46. The first-order valence-electron chi connectivity index (χ1n) is 22.1. The molecule has 0 radical (unpaired) electrons. The lowest BCUT2D eigenvalue weighted by molar-refractivity contribution is -0.256. The van der Waals surface area contributed by atoms with Crippen molar-refractivity contribution in [3.8, 4) is 28.7 Å². The predicted molar refractivity (Wildman–Crippen MR) is 237 cm³/mol. The number of carbonyl (C=O) groups is 1. The van der Waals surface area contributed by atoms with Crippen molar-refractivity contribution in [1.82, 2.24) is 4.90 Å². The van der Waals surface area contributed by atoms with Crippen molar-refractivity contribution in [3.63, 3.8) is 0 Å². The number of amides is 1. The standard InChI is InChI=1S/C50H62N2O10/c1-6-9-25-56-49(55)52(31-35-17-20-44-45(27-35)58-32-57-44)46-30-42(51-60-8-3)40-28-36(14-10-12-22-53)39(15-11-13-23-54)47-41-29-38(61-37-18-16-33(4)34(5)26-37)19-21-43(41)62-50(46,48(40)47)59-24-7-2/h6-7,16-21,26-29,36,39,46-48,53-54H,1-2,8-15,22-25,30-32H2,3-5H3. The molecule has 2 heterocycles. The number of aliphatic hydroxyl groups excluding tert-OH is 2. The van der Waals surface area contributed by atoms with Crippen molar-refractivity contribution >= 4 is 11.8 Å². The monoisotopic (exact) mass is 850 g/mol. The Balaban J connectivity index is 1.44. The van der Waals surface area contributed by atoms with Crippen LogP contribution < -0.4 is 18.9 Å². The lowest BCUT2D eigenvalue weighted by atomic mass is 9.55. The fourth-order valence-corrected chi connectivity index (χ4v) is 9.62. The first kappa shape index (κ1) is 44.7. The highest BCUT2D eigenvalue weighted by Gasteiger charge is 2.65. The Morgan fingerprint density at radius 3 is 2.44 bits per heavy atom. The Bertz CT molecular complexity index is 2120. The fourth-order valence-electron chi connectivity index (χ4n) is 9.62. The molecule has 6 atom stereocenters. The molecule has 0 saturated heterocycles. The smallest absolute Gasteiger partial charge is 0.410 e. The second-order valence-electron chi connectivity index (χ2n) is 16.5. The van der Waals surface area contributed by atoms with Gasteiger partial charge in [0.1, 0.15) is 29.9 Å². The Labute approximate surface area is 365 Å². The molecule has 1 fully saturated rings. The zero-order valence-corrected chi connectivity index (χ0v) is 36.4. The van der Waals surface area contributed by atoms with E-state index in [0.29, 0.717) is 54.6 Å².